The fourth-order valence-corrected chi connectivity index (χ4v) is 2.95. The van der Waals surface area contributed by atoms with Gasteiger partial charge in [-0.1, -0.05) is 26.7 Å². The summed E-state index contributed by atoms with van der Waals surface area (Å²) in [5.41, 5.74) is 0. The van der Waals surface area contributed by atoms with Crippen LogP contribution in [0.3, 0.4) is 0 Å². The molecule has 0 saturated heterocycles. The number of rotatable bonds is 16. The van der Waals surface area contributed by atoms with Crippen molar-refractivity contribution in [3.63, 3.8) is 0 Å². The number of unbranched alkanes of at least 4 members (excludes halogenated alkanes) is 2. The van der Waals surface area contributed by atoms with Crippen molar-refractivity contribution in [1.29, 1.82) is 0 Å². The summed E-state index contributed by atoms with van der Waals surface area (Å²) in [6, 6.07) is 0. The van der Waals surface area contributed by atoms with Gasteiger partial charge in [-0.25, -0.2) is 4.57 Å². The summed E-state index contributed by atoms with van der Waals surface area (Å²) >= 11 is 0. The second kappa shape index (κ2) is 14.4. The van der Waals surface area contributed by atoms with Crippen molar-refractivity contribution in [2.45, 2.75) is 78.4 Å². The summed E-state index contributed by atoms with van der Waals surface area (Å²) < 4.78 is 33.0. The molecular formula is C16H35O6P. The Morgan fingerprint density at radius 1 is 0.826 bits per heavy atom. The Morgan fingerprint density at radius 2 is 1.22 bits per heavy atom. The van der Waals surface area contributed by atoms with Crippen LogP contribution in [0.25, 0.3) is 0 Å². The smallest absolute Gasteiger partial charge is 0.381 e. The molecule has 0 saturated carbocycles. The van der Waals surface area contributed by atoms with Crippen LogP contribution < -0.4 is 0 Å². The second-order valence-corrected chi connectivity index (χ2v) is 7.17. The molecule has 0 heterocycles. The van der Waals surface area contributed by atoms with Crippen molar-refractivity contribution in [3.8, 4) is 0 Å². The molecule has 0 aliphatic carbocycles. The molecule has 0 rings (SSSR count). The van der Waals surface area contributed by atoms with E-state index >= 15 is 0 Å². The topological polar surface area (TPSA) is 74.2 Å². The van der Waals surface area contributed by atoms with Crippen molar-refractivity contribution in [2.24, 2.45) is 0 Å². The van der Waals surface area contributed by atoms with Crippen LogP contribution in [0, 0.1) is 0 Å². The average Bonchev–Trinajstić information content (AvgIpc) is 2.45. The van der Waals surface area contributed by atoms with Gasteiger partial charge in [-0.3, -0.25) is 9.05 Å². The van der Waals surface area contributed by atoms with E-state index in [1.807, 2.05) is 0 Å². The molecule has 0 fully saturated rings. The number of phosphoric ester groups is 1. The van der Waals surface area contributed by atoms with Crippen molar-refractivity contribution >= 4 is 7.82 Å². The summed E-state index contributed by atoms with van der Waals surface area (Å²) in [6.07, 6.45) is 4.57. The standard InChI is InChI=1S/C16H35O6P/c1-5-7-11-19-13-9-15(3)21-23(17,18)22-16(4)10-14-20-12-8-6-2/h15-16H,5-14H2,1-4H3,(H,17,18). The van der Waals surface area contributed by atoms with E-state index in [4.69, 9.17) is 18.5 Å². The molecule has 0 aromatic rings. The highest BCUT2D eigenvalue weighted by molar-refractivity contribution is 7.47. The lowest BCUT2D eigenvalue weighted by atomic mass is 10.3. The van der Waals surface area contributed by atoms with Gasteiger partial charge in [-0.05, 0) is 39.5 Å². The molecule has 0 aliphatic rings. The van der Waals surface area contributed by atoms with Crippen LogP contribution in [-0.4, -0.2) is 43.5 Å². The van der Waals surface area contributed by atoms with Crippen LogP contribution in [-0.2, 0) is 23.1 Å². The zero-order valence-corrected chi connectivity index (χ0v) is 16.1. The second-order valence-electron chi connectivity index (χ2n) is 5.81. The molecule has 0 amide bonds. The minimum Gasteiger partial charge on any atom is -0.381 e. The molecule has 0 spiro atoms. The fraction of sp³-hybridized carbons (Fsp3) is 1.00. The lowest BCUT2D eigenvalue weighted by Crippen LogP contribution is -2.15. The third-order valence-electron chi connectivity index (χ3n) is 3.25. The Balaban J connectivity index is 3.81. The van der Waals surface area contributed by atoms with E-state index in [0.29, 0.717) is 39.3 Å². The summed E-state index contributed by atoms with van der Waals surface area (Å²) in [4.78, 5) is 9.77. The predicted octanol–water partition coefficient (Wildman–Crippen LogP) is 4.31. The van der Waals surface area contributed by atoms with Crippen LogP contribution in [0.15, 0.2) is 0 Å². The van der Waals surface area contributed by atoms with Crippen molar-refractivity contribution in [2.75, 3.05) is 26.4 Å². The van der Waals surface area contributed by atoms with E-state index in [9.17, 15) is 9.46 Å². The molecule has 2 atom stereocenters. The third-order valence-corrected chi connectivity index (χ3v) is 4.50. The highest BCUT2D eigenvalue weighted by atomic mass is 31.2. The van der Waals surface area contributed by atoms with E-state index in [-0.39, 0.29) is 12.2 Å². The first-order valence-corrected chi connectivity index (χ1v) is 10.3. The molecular weight excluding hydrogens is 319 g/mol. The van der Waals surface area contributed by atoms with Crippen molar-refractivity contribution in [3.05, 3.63) is 0 Å². The Bertz CT molecular complexity index is 287. The third kappa shape index (κ3) is 15.3. The highest BCUT2D eigenvalue weighted by Gasteiger charge is 2.27. The van der Waals surface area contributed by atoms with Crippen LogP contribution >= 0.6 is 7.82 Å². The van der Waals surface area contributed by atoms with E-state index in [0.717, 1.165) is 25.7 Å². The summed E-state index contributed by atoms with van der Waals surface area (Å²) in [7, 11) is -4.04. The van der Waals surface area contributed by atoms with E-state index in [1.165, 1.54) is 0 Å². The summed E-state index contributed by atoms with van der Waals surface area (Å²) in [6.45, 7) is 10.2. The summed E-state index contributed by atoms with van der Waals surface area (Å²) in [5.74, 6) is 0. The maximum Gasteiger partial charge on any atom is 0.472 e. The first-order valence-electron chi connectivity index (χ1n) is 8.76. The van der Waals surface area contributed by atoms with Gasteiger partial charge in [0.15, 0.2) is 0 Å². The SMILES string of the molecule is CCCCOCCC(C)OP(=O)(O)OC(C)CCOCCCC. The number of phosphoric acid groups is 1. The van der Waals surface area contributed by atoms with Gasteiger partial charge in [0.05, 0.1) is 12.2 Å². The maximum absolute atomic E-state index is 11.9. The van der Waals surface area contributed by atoms with E-state index in [2.05, 4.69) is 13.8 Å². The molecule has 7 heteroatoms. The number of hydrogen-bond acceptors (Lipinski definition) is 5. The zero-order valence-electron chi connectivity index (χ0n) is 15.2. The summed E-state index contributed by atoms with van der Waals surface area (Å²) in [5, 5.41) is 0. The molecule has 0 aromatic heterocycles. The normalized spacial score (nSPS) is 16.9. The maximum atomic E-state index is 11.9. The lowest BCUT2D eigenvalue weighted by molar-refractivity contribution is 0.0461. The highest BCUT2D eigenvalue weighted by Crippen LogP contribution is 2.46. The molecule has 2 unspecified atom stereocenters. The predicted molar refractivity (Wildman–Crippen MR) is 91.6 cm³/mol. The number of ether oxygens (including phenoxy) is 2. The average molecular weight is 354 g/mol. The first kappa shape index (κ1) is 23.0. The monoisotopic (exact) mass is 354 g/mol. The van der Waals surface area contributed by atoms with Gasteiger partial charge in [-0.2, -0.15) is 0 Å². The van der Waals surface area contributed by atoms with E-state index < -0.39 is 7.82 Å². The van der Waals surface area contributed by atoms with Gasteiger partial charge in [0.2, 0.25) is 0 Å². The Hall–Kier alpha value is 0.0300. The van der Waals surface area contributed by atoms with Gasteiger partial charge in [0.25, 0.3) is 0 Å². The van der Waals surface area contributed by atoms with Gasteiger partial charge in [-0.15, -0.1) is 0 Å². The zero-order chi connectivity index (χ0) is 17.6. The van der Waals surface area contributed by atoms with Gasteiger partial charge in [0, 0.05) is 26.4 Å². The van der Waals surface area contributed by atoms with Crippen LogP contribution in [0.5, 0.6) is 0 Å². The first-order chi connectivity index (χ1) is 10.9. The largest absolute Gasteiger partial charge is 0.472 e. The minimum absolute atomic E-state index is 0.388. The van der Waals surface area contributed by atoms with Gasteiger partial charge in [0.1, 0.15) is 0 Å². The molecule has 0 bridgehead atoms. The van der Waals surface area contributed by atoms with Gasteiger partial charge >= 0.3 is 7.82 Å². The molecule has 1 N–H and O–H groups in total. The Kier molecular flexibility index (Phi) is 14.4. The van der Waals surface area contributed by atoms with Crippen LogP contribution in [0.1, 0.15) is 66.2 Å². The van der Waals surface area contributed by atoms with Crippen LogP contribution in [0.2, 0.25) is 0 Å². The molecule has 0 aromatic carbocycles. The molecule has 0 radical (unpaired) electrons. The minimum atomic E-state index is -4.04. The molecule has 6 nitrogen and oxygen atoms in total. The van der Waals surface area contributed by atoms with Crippen LogP contribution in [0.4, 0.5) is 0 Å². The number of hydrogen-bond donors (Lipinski definition) is 1. The quantitative estimate of drug-likeness (QED) is 0.329. The Morgan fingerprint density at radius 3 is 1.57 bits per heavy atom. The Labute approximate surface area is 141 Å². The molecule has 140 valence electrons. The molecule has 23 heavy (non-hydrogen) atoms. The molecule has 0 aliphatic heterocycles. The van der Waals surface area contributed by atoms with E-state index in [1.54, 1.807) is 13.8 Å². The van der Waals surface area contributed by atoms with Gasteiger partial charge < -0.3 is 14.4 Å². The fourth-order valence-electron chi connectivity index (χ4n) is 1.78. The van der Waals surface area contributed by atoms with Crippen molar-refractivity contribution < 1.29 is 28.0 Å². The van der Waals surface area contributed by atoms with Crippen molar-refractivity contribution in [1.82, 2.24) is 0 Å². The lowest BCUT2D eigenvalue weighted by Gasteiger charge is -2.20.